The molecule has 0 atom stereocenters. The molecule has 3 heterocycles. The van der Waals surface area contributed by atoms with E-state index in [1.165, 1.54) is 110 Å². The second kappa shape index (κ2) is 12.6. The Balaban J connectivity index is 0.864. The van der Waals surface area contributed by atoms with Crippen LogP contribution < -0.4 is 0 Å². The third-order valence-corrected chi connectivity index (χ3v) is 13.4. The quantitative estimate of drug-likeness (QED) is 0.174. The Bertz CT molecular complexity index is 4050. The van der Waals surface area contributed by atoms with Crippen molar-refractivity contribution in [1.82, 2.24) is 14.1 Å². The Labute approximate surface area is 357 Å². The van der Waals surface area contributed by atoms with Gasteiger partial charge in [-0.25, -0.2) is 4.98 Å². The second-order valence-electron chi connectivity index (χ2n) is 16.7. The Kier molecular flexibility index (Phi) is 6.83. The second-order valence-corrected chi connectivity index (χ2v) is 16.7. The number of pyridine rings is 1. The number of hydrogen-bond donors (Lipinski definition) is 0. The summed E-state index contributed by atoms with van der Waals surface area (Å²) in [7, 11) is 0. The molecule has 0 saturated carbocycles. The summed E-state index contributed by atoms with van der Waals surface area (Å²) in [5.74, 6) is 0. The molecule has 3 heteroatoms. The first-order valence-electron chi connectivity index (χ1n) is 21.4. The van der Waals surface area contributed by atoms with Crippen LogP contribution in [0.25, 0.3) is 132 Å². The van der Waals surface area contributed by atoms with Crippen molar-refractivity contribution in [2.75, 3.05) is 0 Å². The third kappa shape index (κ3) is 4.79. The number of hydrogen-bond acceptors (Lipinski definition) is 1. The molecule has 0 fully saturated rings. The highest BCUT2D eigenvalue weighted by molar-refractivity contribution is 6.16. The van der Waals surface area contributed by atoms with E-state index in [2.05, 4.69) is 221 Å². The zero-order chi connectivity index (χ0) is 40.5. The lowest BCUT2D eigenvalue weighted by molar-refractivity contribution is 1.18. The van der Waals surface area contributed by atoms with E-state index >= 15 is 0 Å². The molecule has 10 aromatic carbocycles. The summed E-state index contributed by atoms with van der Waals surface area (Å²) < 4.78 is 4.83. The molecule has 0 N–H and O–H groups in total. The average molecular weight is 786 g/mol. The van der Waals surface area contributed by atoms with E-state index in [1.807, 2.05) is 0 Å². The maximum Gasteiger partial charge on any atom is 0.0722 e. The molecule has 13 aromatic rings. The lowest BCUT2D eigenvalue weighted by Gasteiger charge is -2.12. The van der Waals surface area contributed by atoms with Crippen LogP contribution in [0, 0.1) is 0 Å². The fourth-order valence-corrected chi connectivity index (χ4v) is 10.5. The summed E-state index contributed by atoms with van der Waals surface area (Å²) in [5.41, 5.74) is 17.8. The number of rotatable bonds is 4. The van der Waals surface area contributed by atoms with Gasteiger partial charge in [0.15, 0.2) is 0 Å². The predicted molar refractivity (Wildman–Crippen MR) is 261 cm³/mol. The van der Waals surface area contributed by atoms with Gasteiger partial charge in [0.05, 0.1) is 33.3 Å². The monoisotopic (exact) mass is 785 g/mol. The molecule has 1 aliphatic rings. The fourth-order valence-electron chi connectivity index (χ4n) is 10.5. The summed E-state index contributed by atoms with van der Waals surface area (Å²) >= 11 is 0. The summed E-state index contributed by atoms with van der Waals surface area (Å²) in [6.45, 7) is 0. The van der Waals surface area contributed by atoms with Crippen LogP contribution in [0.1, 0.15) is 0 Å². The van der Waals surface area contributed by atoms with E-state index < -0.39 is 0 Å². The van der Waals surface area contributed by atoms with Gasteiger partial charge in [0.25, 0.3) is 0 Å². The van der Waals surface area contributed by atoms with Gasteiger partial charge in [-0.05, 0) is 134 Å². The maximum atomic E-state index is 5.20. The third-order valence-electron chi connectivity index (χ3n) is 13.4. The Hall–Kier alpha value is -8.27. The number of nitrogens with zero attached hydrogens (tertiary/aromatic N) is 3. The van der Waals surface area contributed by atoms with Crippen LogP contribution in [-0.2, 0) is 0 Å². The highest BCUT2D eigenvalue weighted by atomic mass is 15.0. The van der Waals surface area contributed by atoms with Crippen molar-refractivity contribution in [3.63, 3.8) is 0 Å². The Morgan fingerprint density at radius 3 is 1.48 bits per heavy atom. The average Bonchev–Trinajstić information content (AvgIpc) is 3.97. The van der Waals surface area contributed by atoms with Gasteiger partial charge in [-0.3, -0.25) is 0 Å². The minimum Gasteiger partial charge on any atom is -0.309 e. The van der Waals surface area contributed by atoms with Crippen molar-refractivity contribution in [2.45, 2.75) is 0 Å². The predicted octanol–water partition coefficient (Wildman–Crippen LogP) is 15.7. The summed E-state index contributed by atoms with van der Waals surface area (Å²) in [6.07, 6.45) is 0. The number of aromatic nitrogens is 3. The first kappa shape index (κ1) is 33.5. The first-order valence-corrected chi connectivity index (χ1v) is 21.4. The van der Waals surface area contributed by atoms with Gasteiger partial charge in [-0.15, -0.1) is 0 Å². The summed E-state index contributed by atoms with van der Waals surface area (Å²) in [4.78, 5) is 5.20. The highest BCUT2D eigenvalue weighted by Crippen LogP contribution is 2.48. The molecule has 0 spiro atoms. The molecular weight excluding hydrogens is 751 g/mol. The molecule has 3 nitrogen and oxygen atoms in total. The lowest BCUT2D eigenvalue weighted by Crippen LogP contribution is -1.94. The minimum absolute atomic E-state index is 1.00. The SMILES string of the molecule is c1ccc2c(c1)-c1cccc3nc(-c4ccc5cc(-n6c7ccccc7c7cc(-c8ccc9c(c8)c8ccccc8n9-c8ccc9ccccc9c8)ccc76)ccc5c4)cc-2c13. The Morgan fingerprint density at radius 2 is 0.790 bits per heavy atom. The van der Waals surface area contributed by atoms with Crippen molar-refractivity contribution in [2.24, 2.45) is 0 Å². The standard InChI is InChI=1S/C59H35N3/c1-2-11-37-31-43(26-22-36(37)10-1)61-55-18-7-5-14-47(55)50-33-40(24-28-57(50)61)41-25-29-58-51(34-41)48-15-6-8-19-56(48)62(58)44-27-23-38-30-42(21-20-39(38)32-44)54-35-52-46-13-4-3-12-45(46)49-16-9-17-53(60-54)59(49)52/h1-35H. The van der Waals surface area contributed by atoms with Gasteiger partial charge in [0.2, 0.25) is 0 Å². The van der Waals surface area contributed by atoms with Gasteiger partial charge in [-0.1, -0.05) is 133 Å². The molecular formula is C59H35N3. The molecule has 0 aliphatic heterocycles. The van der Waals surface area contributed by atoms with E-state index in [4.69, 9.17) is 4.98 Å². The normalized spacial score (nSPS) is 12.2. The smallest absolute Gasteiger partial charge is 0.0722 e. The van der Waals surface area contributed by atoms with E-state index in [-0.39, 0.29) is 0 Å². The molecule has 0 radical (unpaired) electrons. The molecule has 62 heavy (non-hydrogen) atoms. The number of para-hydroxylation sites is 2. The zero-order valence-corrected chi connectivity index (χ0v) is 33.5. The van der Waals surface area contributed by atoms with Crippen molar-refractivity contribution in [3.8, 4) is 56.0 Å². The van der Waals surface area contributed by atoms with Gasteiger partial charge in [0, 0.05) is 43.9 Å². The van der Waals surface area contributed by atoms with E-state index in [9.17, 15) is 0 Å². The molecule has 0 saturated heterocycles. The summed E-state index contributed by atoms with van der Waals surface area (Å²) in [5, 5.41) is 11.1. The number of benzene rings is 10. The van der Waals surface area contributed by atoms with Crippen LogP contribution in [0.2, 0.25) is 0 Å². The van der Waals surface area contributed by atoms with E-state index in [0.29, 0.717) is 0 Å². The minimum atomic E-state index is 1.00. The number of fused-ring (bicyclic) bond motifs is 11. The van der Waals surface area contributed by atoms with Crippen LogP contribution in [0.3, 0.4) is 0 Å². The van der Waals surface area contributed by atoms with Crippen LogP contribution in [0.4, 0.5) is 0 Å². The van der Waals surface area contributed by atoms with Crippen molar-refractivity contribution in [3.05, 3.63) is 212 Å². The highest BCUT2D eigenvalue weighted by Gasteiger charge is 2.23. The Morgan fingerprint density at radius 1 is 0.290 bits per heavy atom. The molecule has 0 unspecified atom stereocenters. The van der Waals surface area contributed by atoms with Crippen LogP contribution in [0.5, 0.6) is 0 Å². The van der Waals surface area contributed by atoms with Crippen molar-refractivity contribution in [1.29, 1.82) is 0 Å². The van der Waals surface area contributed by atoms with Gasteiger partial charge in [-0.2, -0.15) is 0 Å². The molecule has 0 bridgehead atoms. The largest absolute Gasteiger partial charge is 0.309 e. The van der Waals surface area contributed by atoms with Crippen LogP contribution >= 0.6 is 0 Å². The first-order chi connectivity index (χ1) is 30.7. The van der Waals surface area contributed by atoms with E-state index in [1.54, 1.807) is 0 Å². The van der Waals surface area contributed by atoms with Gasteiger partial charge < -0.3 is 9.13 Å². The lowest BCUT2D eigenvalue weighted by atomic mass is 10.00. The van der Waals surface area contributed by atoms with Crippen molar-refractivity contribution < 1.29 is 0 Å². The topological polar surface area (TPSA) is 22.8 Å². The maximum absolute atomic E-state index is 5.20. The van der Waals surface area contributed by atoms with Gasteiger partial charge in [0.1, 0.15) is 0 Å². The van der Waals surface area contributed by atoms with Gasteiger partial charge >= 0.3 is 0 Å². The zero-order valence-electron chi connectivity index (χ0n) is 33.5. The fraction of sp³-hybridized carbons (Fsp3) is 0. The molecule has 1 aliphatic carbocycles. The molecule has 14 rings (SSSR count). The van der Waals surface area contributed by atoms with Crippen molar-refractivity contribution >= 4 is 76.1 Å². The molecule has 286 valence electrons. The molecule has 0 amide bonds. The summed E-state index contributed by atoms with van der Waals surface area (Å²) in [6, 6.07) is 78.0. The van der Waals surface area contributed by atoms with Crippen LogP contribution in [-0.4, -0.2) is 14.1 Å². The molecule has 3 aromatic heterocycles. The van der Waals surface area contributed by atoms with Crippen LogP contribution in [0.15, 0.2) is 212 Å². The van der Waals surface area contributed by atoms with E-state index in [0.717, 1.165) is 22.5 Å².